The average Bonchev–Trinajstić information content (AvgIpc) is 2.60. The zero-order valence-corrected chi connectivity index (χ0v) is 11.0. The van der Waals surface area contributed by atoms with Crippen LogP contribution in [0.3, 0.4) is 0 Å². The largest absolute Gasteiger partial charge is 0.462 e. The summed E-state index contributed by atoms with van der Waals surface area (Å²) in [4.78, 5) is 11.7. The van der Waals surface area contributed by atoms with E-state index < -0.39 is 0 Å². The number of ether oxygens (including phenoxy) is 1. The van der Waals surface area contributed by atoms with Crippen LogP contribution in [-0.2, 0) is 11.8 Å². The molecule has 0 bridgehead atoms. The van der Waals surface area contributed by atoms with Crippen LogP contribution in [0.1, 0.15) is 37.6 Å². The highest BCUT2D eigenvalue weighted by molar-refractivity contribution is 5.94. The fraction of sp³-hybridized carbons (Fsp3) is 0.667. The molecule has 17 heavy (non-hydrogen) atoms. The first-order valence-corrected chi connectivity index (χ1v) is 5.99. The van der Waals surface area contributed by atoms with Crippen molar-refractivity contribution in [1.29, 1.82) is 0 Å². The van der Waals surface area contributed by atoms with Crippen molar-refractivity contribution in [3.63, 3.8) is 0 Å². The van der Waals surface area contributed by atoms with Crippen molar-refractivity contribution in [2.24, 2.45) is 13.0 Å². The molecular weight excluding hydrogens is 218 g/mol. The Hall–Kier alpha value is -1.52. The lowest BCUT2D eigenvalue weighted by molar-refractivity contribution is 0.0527. The standard InChI is InChI=1S/C12H21N3O2/c1-5-17-12(16)10-8-14-15(4)11(10)13-7-6-9(2)3/h8-9,13H,5-7H2,1-4H3. The molecule has 1 rings (SSSR count). The molecule has 0 aliphatic rings. The maximum Gasteiger partial charge on any atom is 0.343 e. The lowest BCUT2D eigenvalue weighted by Crippen LogP contribution is -2.13. The van der Waals surface area contributed by atoms with E-state index in [0.717, 1.165) is 18.8 Å². The summed E-state index contributed by atoms with van der Waals surface area (Å²) in [6.45, 7) is 7.32. The van der Waals surface area contributed by atoms with Gasteiger partial charge in [0.1, 0.15) is 11.4 Å². The van der Waals surface area contributed by atoms with E-state index in [-0.39, 0.29) is 5.97 Å². The van der Waals surface area contributed by atoms with E-state index in [0.29, 0.717) is 18.1 Å². The van der Waals surface area contributed by atoms with Gasteiger partial charge in [0.15, 0.2) is 0 Å². The molecule has 0 amide bonds. The highest BCUT2D eigenvalue weighted by Gasteiger charge is 2.16. The van der Waals surface area contributed by atoms with Crippen molar-refractivity contribution in [1.82, 2.24) is 9.78 Å². The van der Waals surface area contributed by atoms with Gasteiger partial charge in [0.05, 0.1) is 12.8 Å². The molecule has 5 nitrogen and oxygen atoms in total. The Morgan fingerprint density at radius 1 is 1.59 bits per heavy atom. The number of hydrogen-bond acceptors (Lipinski definition) is 4. The molecule has 5 heteroatoms. The second-order valence-electron chi connectivity index (χ2n) is 4.36. The van der Waals surface area contributed by atoms with Crippen LogP contribution in [-0.4, -0.2) is 28.9 Å². The third-order valence-electron chi connectivity index (χ3n) is 2.45. The van der Waals surface area contributed by atoms with Gasteiger partial charge in [-0.1, -0.05) is 13.8 Å². The molecule has 0 aliphatic heterocycles. The van der Waals surface area contributed by atoms with Crippen LogP contribution in [0.4, 0.5) is 5.82 Å². The topological polar surface area (TPSA) is 56.1 Å². The summed E-state index contributed by atoms with van der Waals surface area (Å²) in [6.07, 6.45) is 2.59. The van der Waals surface area contributed by atoms with Gasteiger partial charge in [0, 0.05) is 13.6 Å². The second-order valence-corrected chi connectivity index (χ2v) is 4.36. The first kappa shape index (κ1) is 13.5. The average molecular weight is 239 g/mol. The predicted octanol–water partition coefficient (Wildman–Crippen LogP) is 2.05. The molecule has 1 aromatic rings. The molecule has 0 atom stereocenters. The Bertz CT molecular complexity index is 372. The van der Waals surface area contributed by atoms with E-state index in [1.807, 2.05) is 0 Å². The number of nitrogens with zero attached hydrogens (tertiary/aromatic N) is 2. The molecule has 1 aromatic heterocycles. The molecule has 0 fully saturated rings. The first-order chi connectivity index (χ1) is 8.06. The number of carbonyl (C=O) groups is 1. The molecule has 0 saturated heterocycles. The number of aromatic nitrogens is 2. The van der Waals surface area contributed by atoms with Gasteiger partial charge < -0.3 is 10.1 Å². The number of carbonyl (C=O) groups excluding carboxylic acids is 1. The number of anilines is 1. The van der Waals surface area contributed by atoms with Crippen LogP contribution in [0, 0.1) is 5.92 Å². The number of rotatable bonds is 6. The molecule has 0 unspecified atom stereocenters. The summed E-state index contributed by atoms with van der Waals surface area (Å²) >= 11 is 0. The smallest absolute Gasteiger partial charge is 0.343 e. The van der Waals surface area contributed by atoms with Gasteiger partial charge in [-0.25, -0.2) is 4.79 Å². The summed E-state index contributed by atoms with van der Waals surface area (Å²) in [5, 5.41) is 7.30. The van der Waals surface area contributed by atoms with E-state index in [1.165, 1.54) is 6.20 Å². The minimum absolute atomic E-state index is 0.326. The van der Waals surface area contributed by atoms with E-state index >= 15 is 0 Å². The van der Waals surface area contributed by atoms with E-state index in [9.17, 15) is 4.79 Å². The van der Waals surface area contributed by atoms with Crippen LogP contribution < -0.4 is 5.32 Å². The molecule has 0 radical (unpaired) electrons. The van der Waals surface area contributed by atoms with Crippen molar-refractivity contribution >= 4 is 11.8 Å². The van der Waals surface area contributed by atoms with Gasteiger partial charge in [-0.05, 0) is 19.3 Å². The summed E-state index contributed by atoms with van der Waals surface area (Å²) in [7, 11) is 1.81. The van der Waals surface area contributed by atoms with Gasteiger partial charge >= 0.3 is 5.97 Å². The van der Waals surface area contributed by atoms with Crippen molar-refractivity contribution in [2.45, 2.75) is 27.2 Å². The number of nitrogens with one attached hydrogen (secondary N) is 1. The first-order valence-electron chi connectivity index (χ1n) is 5.99. The summed E-state index contributed by atoms with van der Waals surface area (Å²) in [5.41, 5.74) is 0.498. The molecular formula is C12H21N3O2. The van der Waals surface area contributed by atoms with Crippen LogP contribution >= 0.6 is 0 Å². The Kier molecular flexibility index (Phi) is 5.00. The third-order valence-corrected chi connectivity index (χ3v) is 2.45. The van der Waals surface area contributed by atoms with Gasteiger partial charge in [-0.2, -0.15) is 5.10 Å². The lowest BCUT2D eigenvalue weighted by Gasteiger charge is -2.10. The molecule has 96 valence electrons. The molecule has 0 aromatic carbocycles. The third kappa shape index (κ3) is 3.76. The highest BCUT2D eigenvalue weighted by atomic mass is 16.5. The van der Waals surface area contributed by atoms with Crippen LogP contribution in [0.25, 0.3) is 0 Å². The van der Waals surface area contributed by atoms with Crippen molar-refractivity contribution < 1.29 is 9.53 Å². The van der Waals surface area contributed by atoms with Crippen LogP contribution in [0.15, 0.2) is 6.20 Å². The van der Waals surface area contributed by atoms with Crippen molar-refractivity contribution in [3.05, 3.63) is 11.8 Å². The Labute approximate surface area is 102 Å². The fourth-order valence-electron chi connectivity index (χ4n) is 1.48. The molecule has 0 aliphatic carbocycles. The number of hydrogen-bond donors (Lipinski definition) is 1. The van der Waals surface area contributed by atoms with E-state index in [4.69, 9.17) is 4.74 Å². The van der Waals surface area contributed by atoms with E-state index in [2.05, 4.69) is 24.3 Å². The number of aryl methyl sites for hydroxylation is 1. The van der Waals surface area contributed by atoms with Gasteiger partial charge in [0.25, 0.3) is 0 Å². The summed E-state index contributed by atoms with van der Waals surface area (Å²) in [5.74, 6) is 1.03. The zero-order chi connectivity index (χ0) is 12.8. The highest BCUT2D eigenvalue weighted by Crippen LogP contribution is 2.15. The summed E-state index contributed by atoms with van der Waals surface area (Å²) < 4.78 is 6.64. The SMILES string of the molecule is CCOC(=O)c1cnn(C)c1NCCC(C)C. The van der Waals surface area contributed by atoms with Crippen LogP contribution in [0.5, 0.6) is 0 Å². The Morgan fingerprint density at radius 2 is 2.29 bits per heavy atom. The maximum atomic E-state index is 11.7. The van der Waals surface area contributed by atoms with Gasteiger partial charge in [-0.3, -0.25) is 4.68 Å². The van der Waals surface area contributed by atoms with Crippen LogP contribution in [0.2, 0.25) is 0 Å². The molecule has 0 spiro atoms. The molecule has 0 saturated carbocycles. The van der Waals surface area contributed by atoms with Crippen molar-refractivity contribution in [2.75, 3.05) is 18.5 Å². The minimum atomic E-state index is -0.326. The Morgan fingerprint density at radius 3 is 2.88 bits per heavy atom. The normalized spacial score (nSPS) is 10.6. The fourth-order valence-corrected chi connectivity index (χ4v) is 1.48. The predicted molar refractivity (Wildman–Crippen MR) is 67.1 cm³/mol. The van der Waals surface area contributed by atoms with Crippen molar-refractivity contribution in [3.8, 4) is 0 Å². The minimum Gasteiger partial charge on any atom is -0.462 e. The lowest BCUT2D eigenvalue weighted by atomic mass is 10.1. The quantitative estimate of drug-likeness (QED) is 0.772. The molecule has 1 N–H and O–H groups in total. The van der Waals surface area contributed by atoms with Gasteiger partial charge in [0.2, 0.25) is 0 Å². The summed E-state index contributed by atoms with van der Waals surface area (Å²) in [6, 6.07) is 0. The molecule has 1 heterocycles. The van der Waals surface area contributed by atoms with Gasteiger partial charge in [-0.15, -0.1) is 0 Å². The number of esters is 1. The maximum absolute atomic E-state index is 11.7. The van der Waals surface area contributed by atoms with E-state index in [1.54, 1.807) is 18.7 Å². The Balaban J connectivity index is 2.69. The zero-order valence-electron chi connectivity index (χ0n) is 11.0. The second kappa shape index (κ2) is 6.27. The monoisotopic (exact) mass is 239 g/mol.